The topological polar surface area (TPSA) is 51.2 Å². The number of rotatable bonds is 8. The first-order valence-corrected chi connectivity index (χ1v) is 13.1. The molecule has 0 spiro atoms. The highest BCUT2D eigenvalue weighted by Crippen LogP contribution is 2.45. The molecule has 2 atom stereocenters. The molecule has 4 rings (SSSR count). The van der Waals surface area contributed by atoms with Crippen molar-refractivity contribution >= 4 is 17.5 Å². The zero-order valence-electron chi connectivity index (χ0n) is 22.7. The van der Waals surface area contributed by atoms with E-state index in [0.717, 1.165) is 18.3 Å². The largest absolute Gasteiger partial charge is 0.430 e. The number of methoxy groups -OCH3 is 1. The number of nitrogens with zero attached hydrogens (tertiary/aromatic N) is 1. The normalized spacial score (nSPS) is 14.9. The van der Waals surface area contributed by atoms with Gasteiger partial charge in [-0.3, -0.25) is 9.78 Å². The van der Waals surface area contributed by atoms with Gasteiger partial charge >= 0.3 is 12.4 Å². The Balaban J connectivity index is 2.08. The highest BCUT2D eigenvalue weighted by Gasteiger charge is 2.64. The number of aryl methyl sites for hydroxylation is 1. The number of hydrogen-bond acceptors (Lipinski definition) is 3. The minimum atomic E-state index is -5.35. The van der Waals surface area contributed by atoms with Crippen LogP contribution in [-0.4, -0.2) is 24.2 Å². The van der Waals surface area contributed by atoms with E-state index in [1.54, 1.807) is 31.2 Å². The SMILES string of the molecule is CO[C@](C(=O)N[C@](Cc1ccccc1C)(c1cc(F)cc(C(F)(F)F)c1)c1ccc(Cl)cn1)(c1ccccc1)C(F)(F)F. The van der Waals surface area contributed by atoms with Crippen LogP contribution in [0.15, 0.2) is 91.1 Å². The Labute approximate surface area is 247 Å². The smallest absolute Gasteiger partial charge is 0.356 e. The number of amides is 1. The fraction of sp³-hybridized carbons (Fsp3) is 0.226. The summed E-state index contributed by atoms with van der Waals surface area (Å²) in [5.41, 5.74) is -7.61. The van der Waals surface area contributed by atoms with Gasteiger partial charge in [-0.2, -0.15) is 26.3 Å². The highest BCUT2D eigenvalue weighted by atomic mass is 35.5. The molecule has 0 unspecified atom stereocenters. The van der Waals surface area contributed by atoms with Crippen LogP contribution in [0.3, 0.4) is 0 Å². The Hall–Kier alpha value is -3.96. The summed E-state index contributed by atoms with van der Waals surface area (Å²) in [7, 11) is 0.688. The molecule has 3 aromatic carbocycles. The van der Waals surface area contributed by atoms with E-state index in [4.69, 9.17) is 16.3 Å². The number of hydrogen-bond donors (Lipinski definition) is 1. The second-order valence-corrected chi connectivity index (χ2v) is 10.2. The summed E-state index contributed by atoms with van der Waals surface area (Å²) in [5, 5.41) is 2.44. The van der Waals surface area contributed by atoms with Crippen LogP contribution in [0.1, 0.15) is 33.5 Å². The van der Waals surface area contributed by atoms with E-state index in [0.29, 0.717) is 30.4 Å². The van der Waals surface area contributed by atoms with Gasteiger partial charge in [0.25, 0.3) is 11.5 Å². The first-order chi connectivity index (χ1) is 20.1. The van der Waals surface area contributed by atoms with Crippen LogP contribution < -0.4 is 5.32 Å². The van der Waals surface area contributed by atoms with E-state index >= 15 is 0 Å². The minimum absolute atomic E-state index is 0.0981. The molecule has 0 saturated heterocycles. The van der Waals surface area contributed by atoms with Gasteiger partial charge in [0.2, 0.25) is 0 Å². The molecular weight excluding hydrogens is 601 g/mol. The zero-order valence-corrected chi connectivity index (χ0v) is 23.4. The second-order valence-electron chi connectivity index (χ2n) is 9.80. The van der Waals surface area contributed by atoms with Crippen molar-refractivity contribution in [3.63, 3.8) is 0 Å². The summed E-state index contributed by atoms with van der Waals surface area (Å²) in [4.78, 5) is 18.3. The van der Waals surface area contributed by atoms with Gasteiger partial charge in [0.1, 0.15) is 11.4 Å². The third-order valence-electron chi connectivity index (χ3n) is 7.13. The third-order valence-corrected chi connectivity index (χ3v) is 7.36. The van der Waals surface area contributed by atoms with Crippen LogP contribution in [0.5, 0.6) is 0 Å². The fourth-order valence-electron chi connectivity index (χ4n) is 4.95. The van der Waals surface area contributed by atoms with E-state index in [1.807, 2.05) is 0 Å². The minimum Gasteiger partial charge on any atom is -0.356 e. The predicted octanol–water partition coefficient (Wildman–Crippen LogP) is 7.91. The number of aromatic nitrogens is 1. The van der Waals surface area contributed by atoms with Crippen LogP contribution in [-0.2, 0) is 33.3 Å². The molecule has 0 saturated carbocycles. The molecule has 1 N–H and O–H groups in total. The van der Waals surface area contributed by atoms with Crippen LogP contribution in [0.4, 0.5) is 30.7 Å². The van der Waals surface area contributed by atoms with E-state index < -0.39 is 58.3 Å². The summed E-state index contributed by atoms with van der Waals surface area (Å²) in [6, 6.07) is 16.7. The second kappa shape index (κ2) is 12.0. The number of ether oxygens (including phenoxy) is 1. The molecule has 1 amide bonds. The Morgan fingerprint density at radius 1 is 0.860 bits per heavy atom. The van der Waals surface area contributed by atoms with Gasteiger partial charge in [-0.15, -0.1) is 0 Å². The Morgan fingerprint density at radius 2 is 1.49 bits per heavy atom. The Kier molecular flexibility index (Phi) is 8.90. The molecule has 12 heteroatoms. The van der Waals surface area contributed by atoms with Crippen molar-refractivity contribution in [1.29, 1.82) is 0 Å². The molecule has 4 nitrogen and oxygen atoms in total. The summed E-state index contributed by atoms with van der Waals surface area (Å²) >= 11 is 6.02. The summed E-state index contributed by atoms with van der Waals surface area (Å²) < 4.78 is 106. The number of carbonyl (C=O) groups excluding carboxylic acids is 1. The van der Waals surface area contributed by atoms with Gasteiger partial charge in [0, 0.05) is 25.3 Å². The van der Waals surface area contributed by atoms with Crippen LogP contribution in [0, 0.1) is 12.7 Å². The quantitative estimate of drug-likeness (QED) is 0.203. The van der Waals surface area contributed by atoms with Gasteiger partial charge in [-0.1, -0.05) is 66.2 Å². The molecule has 4 aromatic rings. The van der Waals surface area contributed by atoms with E-state index in [9.17, 15) is 35.5 Å². The van der Waals surface area contributed by atoms with Crippen molar-refractivity contribution < 1.29 is 40.3 Å². The number of nitrogens with one attached hydrogen (secondary N) is 1. The maximum absolute atomic E-state index is 14.9. The van der Waals surface area contributed by atoms with E-state index in [2.05, 4.69) is 10.3 Å². The molecule has 1 heterocycles. The van der Waals surface area contributed by atoms with Crippen LogP contribution >= 0.6 is 11.6 Å². The molecule has 0 radical (unpaired) electrons. The molecular formula is C31H24ClF7N2O2. The molecule has 0 aliphatic rings. The number of carbonyl (C=O) groups is 1. The van der Waals surface area contributed by atoms with Crippen molar-refractivity contribution in [3.05, 3.63) is 135 Å². The summed E-state index contributed by atoms with van der Waals surface area (Å²) in [5.74, 6) is -3.10. The lowest BCUT2D eigenvalue weighted by atomic mass is 9.78. The average Bonchev–Trinajstić information content (AvgIpc) is 2.94. The molecule has 0 bridgehead atoms. The monoisotopic (exact) mass is 624 g/mol. The lowest BCUT2D eigenvalue weighted by molar-refractivity contribution is -0.266. The van der Waals surface area contributed by atoms with Gasteiger partial charge in [-0.25, -0.2) is 4.39 Å². The number of halogens is 8. The fourth-order valence-corrected chi connectivity index (χ4v) is 5.06. The summed E-state index contributed by atoms with van der Waals surface area (Å²) in [6.07, 6.45) is -9.69. The molecule has 0 aliphatic heterocycles. The predicted molar refractivity (Wildman–Crippen MR) is 146 cm³/mol. The highest BCUT2D eigenvalue weighted by molar-refractivity contribution is 6.30. The Bertz CT molecular complexity index is 1590. The molecule has 1 aromatic heterocycles. The lowest BCUT2D eigenvalue weighted by Gasteiger charge is -2.41. The molecule has 226 valence electrons. The zero-order chi connectivity index (χ0) is 31.6. The van der Waals surface area contributed by atoms with Gasteiger partial charge in [-0.05, 0) is 53.9 Å². The molecule has 0 aliphatic carbocycles. The van der Waals surface area contributed by atoms with Crippen molar-refractivity contribution in [3.8, 4) is 0 Å². The average molecular weight is 625 g/mol. The molecule has 43 heavy (non-hydrogen) atoms. The number of pyridine rings is 1. The standard InChI is InChI=1S/C31H24ClF7N2O2/c1-19-8-6-7-9-20(19)17-28(26-13-12-24(32)18-40-26,22-14-23(30(34,35)36)16-25(33)15-22)41-27(42)29(43-2,31(37,38)39)21-10-4-3-5-11-21/h3-16,18H,17H2,1-2H3,(H,41,42)/t28-,29+/m1/s1. The van der Waals surface area contributed by atoms with Crippen molar-refractivity contribution in [1.82, 2.24) is 10.3 Å². The van der Waals surface area contributed by atoms with E-state index in [-0.39, 0.29) is 16.8 Å². The molecule has 0 fully saturated rings. The van der Waals surface area contributed by atoms with Crippen molar-refractivity contribution in [2.75, 3.05) is 7.11 Å². The van der Waals surface area contributed by atoms with Crippen molar-refractivity contribution in [2.24, 2.45) is 0 Å². The van der Waals surface area contributed by atoms with Crippen molar-refractivity contribution in [2.45, 2.75) is 36.8 Å². The number of alkyl halides is 6. The van der Waals surface area contributed by atoms with Gasteiger partial charge < -0.3 is 10.1 Å². The Morgan fingerprint density at radius 3 is 2.05 bits per heavy atom. The lowest BCUT2D eigenvalue weighted by Crippen LogP contribution is -2.61. The maximum Gasteiger partial charge on any atom is 0.430 e. The first kappa shape index (κ1) is 32.0. The number of benzene rings is 3. The summed E-state index contributed by atoms with van der Waals surface area (Å²) in [6.45, 7) is 1.67. The van der Waals surface area contributed by atoms with Gasteiger partial charge in [0.15, 0.2) is 0 Å². The third kappa shape index (κ3) is 6.23. The maximum atomic E-state index is 14.9. The first-order valence-electron chi connectivity index (χ1n) is 12.7. The van der Waals surface area contributed by atoms with Gasteiger partial charge in [0.05, 0.1) is 16.3 Å². The van der Waals surface area contributed by atoms with E-state index in [1.165, 1.54) is 30.3 Å². The van der Waals surface area contributed by atoms with Crippen LogP contribution in [0.2, 0.25) is 5.02 Å². The van der Waals surface area contributed by atoms with Crippen LogP contribution in [0.25, 0.3) is 0 Å².